The summed E-state index contributed by atoms with van der Waals surface area (Å²) in [5, 5.41) is 12.5. The molecule has 2 aromatic carbocycles. The number of thiazole rings is 1. The Kier molecular flexibility index (Phi) is 5.32. The SMILES string of the molecule is O=c1cc(-c2cccnc2)c2ccc(Sc3ncc(C(O)(c4ccccc4)C4CC4)s3)cc2o1. The van der Waals surface area contributed by atoms with Crippen molar-refractivity contribution in [2.24, 2.45) is 5.92 Å². The maximum absolute atomic E-state index is 12.2. The summed E-state index contributed by atoms with van der Waals surface area (Å²) in [5.41, 5.74) is 1.69. The quantitative estimate of drug-likeness (QED) is 0.293. The molecule has 1 aliphatic rings. The van der Waals surface area contributed by atoms with Gasteiger partial charge in [-0.05, 0) is 48.6 Å². The third-order valence-electron chi connectivity index (χ3n) is 6.14. The van der Waals surface area contributed by atoms with E-state index in [0.717, 1.165) is 49.0 Å². The Balaban J connectivity index is 1.33. The fourth-order valence-corrected chi connectivity index (χ4v) is 6.50. The van der Waals surface area contributed by atoms with Gasteiger partial charge in [0, 0.05) is 46.1 Å². The number of pyridine rings is 1. The monoisotopic (exact) mass is 484 g/mol. The van der Waals surface area contributed by atoms with Crippen LogP contribution in [0.5, 0.6) is 0 Å². The molecule has 3 heterocycles. The molecule has 3 aromatic heterocycles. The smallest absolute Gasteiger partial charge is 0.336 e. The van der Waals surface area contributed by atoms with Crippen molar-refractivity contribution in [3.05, 3.63) is 106 Å². The van der Waals surface area contributed by atoms with Crippen LogP contribution < -0.4 is 5.63 Å². The summed E-state index contributed by atoms with van der Waals surface area (Å²) < 4.78 is 6.34. The highest BCUT2D eigenvalue weighted by Crippen LogP contribution is 2.51. The van der Waals surface area contributed by atoms with Crippen LogP contribution in [-0.4, -0.2) is 15.1 Å². The first kappa shape index (κ1) is 21.3. The van der Waals surface area contributed by atoms with E-state index >= 15 is 0 Å². The van der Waals surface area contributed by atoms with E-state index < -0.39 is 11.2 Å². The Hall–Kier alpha value is -3.26. The molecule has 1 aliphatic carbocycles. The zero-order chi connectivity index (χ0) is 23.1. The fourth-order valence-electron chi connectivity index (χ4n) is 4.32. The topological polar surface area (TPSA) is 76.2 Å². The molecule has 1 N–H and O–H groups in total. The van der Waals surface area contributed by atoms with Crippen LogP contribution in [0.4, 0.5) is 0 Å². The molecule has 34 heavy (non-hydrogen) atoms. The third kappa shape index (κ3) is 3.86. The molecule has 5 aromatic rings. The van der Waals surface area contributed by atoms with Crippen molar-refractivity contribution in [3.63, 3.8) is 0 Å². The van der Waals surface area contributed by atoms with E-state index in [1.165, 1.54) is 29.2 Å². The maximum atomic E-state index is 12.2. The summed E-state index contributed by atoms with van der Waals surface area (Å²) in [6, 6.07) is 20.9. The van der Waals surface area contributed by atoms with Crippen molar-refractivity contribution in [1.29, 1.82) is 0 Å². The van der Waals surface area contributed by atoms with Crippen LogP contribution in [0.25, 0.3) is 22.1 Å². The Morgan fingerprint density at radius 1 is 1.03 bits per heavy atom. The predicted octanol–water partition coefficient (Wildman–Crippen LogP) is 6.11. The lowest BCUT2D eigenvalue weighted by molar-refractivity contribution is 0.0600. The van der Waals surface area contributed by atoms with E-state index in [4.69, 9.17) is 4.42 Å². The summed E-state index contributed by atoms with van der Waals surface area (Å²) in [5.74, 6) is 0.217. The minimum atomic E-state index is -1.01. The molecule has 168 valence electrons. The van der Waals surface area contributed by atoms with Gasteiger partial charge in [0.25, 0.3) is 0 Å². The average molecular weight is 485 g/mol. The van der Waals surface area contributed by atoms with E-state index in [0.29, 0.717) is 5.58 Å². The number of hydrogen-bond acceptors (Lipinski definition) is 7. The molecule has 0 spiro atoms. The second kappa shape index (κ2) is 8.51. The number of aliphatic hydroxyl groups is 1. The van der Waals surface area contributed by atoms with Crippen molar-refractivity contribution in [2.45, 2.75) is 27.7 Å². The largest absolute Gasteiger partial charge is 0.423 e. The van der Waals surface area contributed by atoms with Crippen molar-refractivity contribution in [3.8, 4) is 11.1 Å². The minimum Gasteiger partial charge on any atom is -0.423 e. The molecule has 1 atom stereocenters. The molecule has 0 saturated heterocycles. The third-order valence-corrected chi connectivity index (χ3v) is 8.32. The molecule has 0 aliphatic heterocycles. The molecule has 0 amide bonds. The first-order chi connectivity index (χ1) is 16.6. The Bertz CT molecular complexity index is 1530. The maximum Gasteiger partial charge on any atom is 0.336 e. The van der Waals surface area contributed by atoms with E-state index in [-0.39, 0.29) is 5.92 Å². The highest BCUT2D eigenvalue weighted by molar-refractivity contribution is 8.01. The molecule has 1 saturated carbocycles. The van der Waals surface area contributed by atoms with Gasteiger partial charge < -0.3 is 9.52 Å². The first-order valence-electron chi connectivity index (χ1n) is 11.0. The molecule has 1 unspecified atom stereocenters. The lowest BCUT2D eigenvalue weighted by atomic mass is 9.88. The van der Waals surface area contributed by atoms with Gasteiger partial charge in [-0.25, -0.2) is 9.78 Å². The highest BCUT2D eigenvalue weighted by atomic mass is 32.2. The number of benzene rings is 2. The second-order valence-corrected chi connectivity index (χ2v) is 10.7. The van der Waals surface area contributed by atoms with Crippen LogP contribution >= 0.6 is 23.1 Å². The van der Waals surface area contributed by atoms with Gasteiger partial charge >= 0.3 is 5.63 Å². The molecule has 0 radical (unpaired) electrons. The van der Waals surface area contributed by atoms with Gasteiger partial charge in [-0.1, -0.05) is 48.2 Å². The van der Waals surface area contributed by atoms with E-state index in [1.54, 1.807) is 18.6 Å². The van der Waals surface area contributed by atoms with Crippen LogP contribution in [0.15, 0.2) is 104 Å². The second-order valence-electron chi connectivity index (χ2n) is 8.38. The van der Waals surface area contributed by atoms with Gasteiger partial charge in [-0.15, -0.1) is 11.3 Å². The van der Waals surface area contributed by atoms with Crippen molar-refractivity contribution in [1.82, 2.24) is 9.97 Å². The average Bonchev–Trinajstić information content (AvgIpc) is 3.63. The molecule has 5 nitrogen and oxygen atoms in total. The zero-order valence-corrected chi connectivity index (χ0v) is 19.7. The Morgan fingerprint density at radius 2 is 1.88 bits per heavy atom. The lowest BCUT2D eigenvalue weighted by Gasteiger charge is -2.27. The number of hydrogen-bond donors (Lipinski definition) is 1. The van der Waals surface area contributed by atoms with Crippen LogP contribution in [0, 0.1) is 5.92 Å². The predicted molar refractivity (Wildman–Crippen MR) is 134 cm³/mol. The van der Waals surface area contributed by atoms with Crippen molar-refractivity contribution >= 4 is 34.1 Å². The van der Waals surface area contributed by atoms with Crippen molar-refractivity contribution in [2.75, 3.05) is 0 Å². The first-order valence-corrected chi connectivity index (χ1v) is 12.6. The summed E-state index contributed by atoms with van der Waals surface area (Å²) in [6.07, 6.45) is 7.25. The highest BCUT2D eigenvalue weighted by Gasteiger charge is 2.47. The molecule has 7 heteroatoms. The standard InChI is InChI=1S/C27H20N2O3S2/c30-25-14-22(17-5-4-12-28-15-17)21-11-10-20(13-23(21)32-25)33-26-29-16-24(34-26)27(31,19-8-9-19)18-6-2-1-3-7-18/h1-7,10-16,19,31H,8-9H2. The summed E-state index contributed by atoms with van der Waals surface area (Å²) in [4.78, 5) is 22.8. The van der Waals surface area contributed by atoms with Gasteiger partial charge in [0.1, 0.15) is 11.2 Å². The van der Waals surface area contributed by atoms with Crippen molar-refractivity contribution < 1.29 is 9.52 Å². The summed E-state index contributed by atoms with van der Waals surface area (Å²) in [6.45, 7) is 0. The van der Waals surface area contributed by atoms with Gasteiger partial charge in [0.2, 0.25) is 0 Å². The van der Waals surface area contributed by atoms with E-state index in [9.17, 15) is 9.90 Å². The van der Waals surface area contributed by atoms with Gasteiger partial charge in [0.15, 0.2) is 4.34 Å². The van der Waals surface area contributed by atoms with Crippen LogP contribution in [0.1, 0.15) is 23.3 Å². The van der Waals surface area contributed by atoms with Crippen LogP contribution in [0.3, 0.4) is 0 Å². The summed E-state index contributed by atoms with van der Waals surface area (Å²) in [7, 11) is 0. The van der Waals surface area contributed by atoms with Crippen LogP contribution in [0.2, 0.25) is 0 Å². The molecular formula is C27H20N2O3S2. The number of rotatable bonds is 6. The Labute approximate surface area is 204 Å². The normalized spacial score (nSPS) is 15.3. The zero-order valence-electron chi connectivity index (χ0n) is 18.0. The molecule has 1 fully saturated rings. The number of aromatic nitrogens is 2. The Morgan fingerprint density at radius 3 is 2.65 bits per heavy atom. The van der Waals surface area contributed by atoms with E-state index in [2.05, 4.69) is 9.97 Å². The van der Waals surface area contributed by atoms with Gasteiger partial charge in [-0.3, -0.25) is 4.98 Å². The molecular weight excluding hydrogens is 464 g/mol. The number of fused-ring (bicyclic) bond motifs is 1. The van der Waals surface area contributed by atoms with Gasteiger partial charge in [0.05, 0.1) is 4.88 Å². The number of nitrogens with zero attached hydrogens (tertiary/aromatic N) is 2. The molecule has 6 rings (SSSR count). The minimum absolute atomic E-state index is 0.217. The van der Waals surface area contributed by atoms with Crippen LogP contribution in [-0.2, 0) is 5.60 Å². The fraction of sp³-hybridized carbons (Fsp3) is 0.148. The summed E-state index contributed by atoms with van der Waals surface area (Å²) >= 11 is 3.00. The lowest BCUT2D eigenvalue weighted by Crippen LogP contribution is -2.28. The van der Waals surface area contributed by atoms with E-state index in [1.807, 2.05) is 60.7 Å². The van der Waals surface area contributed by atoms with Gasteiger partial charge in [-0.2, -0.15) is 0 Å². The molecule has 0 bridgehead atoms.